The lowest BCUT2D eigenvalue weighted by Crippen LogP contribution is -2.36. The molecular weight excluding hydrogens is 238 g/mol. The van der Waals surface area contributed by atoms with Crippen molar-refractivity contribution in [1.29, 1.82) is 0 Å². The fourth-order valence-corrected chi connectivity index (χ4v) is 2.76. The van der Waals surface area contributed by atoms with Crippen molar-refractivity contribution in [2.75, 3.05) is 31.1 Å². The summed E-state index contributed by atoms with van der Waals surface area (Å²) < 4.78 is 0. The number of aromatic nitrogens is 1. The van der Waals surface area contributed by atoms with E-state index in [4.69, 9.17) is 0 Å². The molecule has 0 aliphatic carbocycles. The molecule has 1 fully saturated rings. The fraction of sp³-hybridized carbons (Fsp3) is 0.667. The van der Waals surface area contributed by atoms with E-state index in [1.54, 1.807) is 0 Å². The number of hydrogen-bond donors (Lipinski definition) is 2. The maximum absolute atomic E-state index is 9.22. The Morgan fingerprint density at radius 3 is 2.84 bits per heavy atom. The SMILES string of the molecule is CCNC(C)c1cccnc1N1CCC(CO)CC1. The first-order valence-electron chi connectivity index (χ1n) is 7.30. The summed E-state index contributed by atoms with van der Waals surface area (Å²) in [6.45, 7) is 7.57. The van der Waals surface area contributed by atoms with Crippen molar-refractivity contribution < 1.29 is 5.11 Å². The third kappa shape index (κ3) is 3.45. The Morgan fingerprint density at radius 2 is 2.21 bits per heavy atom. The molecule has 2 heterocycles. The van der Waals surface area contributed by atoms with Gasteiger partial charge in [-0.05, 0) is 38.3 Å². The third-order valence-corrected chi connectivity index (χ3v) is 3.97. The molecule has 1 saturated heterocycles. The van der Waals surface area contributed by atoms with Gasteiger partial charge in [0.1, 0.15) is 5.82 Å². The lowest BCUT2D eigenvalue weighted by atomic mass is 9.97. The molecule has 1 aliphatic rings. The van der Waals surface area contributed by atoms with E-state index < -0.39 is 0 Å². The van der Waals surface area contributed by atoms with Crippen LogP contribution in [0.15, 0.2) is 18.3 Å². The molecule has 0 saturated carbocycles. The first-order valence-corrected chi connectivity index (χ1v) is 7.30. The van der Waals surface area contributed by atoms with Gasteiger partial charge >= 0.3 is 0 Å². The van der Waals surface area contributed by atoms with Gasteiger partial charge in [0, 0.05) is 37.5 Å². The molecule has 106 valence electrons. The van der Waals surface area contributed by atoms with E-state index in [-0.39, 0.29) is 0 Å². The lowest BCUT2D eigenvalue weighted by Gasteiger charge is -2.34. The minimum Gasteiger partial charge on any atom is -0.396 e. The largest absolute Gasteiger partial charge is 0.396 e. The molecule has 0 bridgehead atoms. The Kier molecular flexibility index (Phi) is 5.16. The van der Waals surface area contributed by atoms with Gasteiger partial charge in [0.05, 0.1) is 0 Å². The van der Waals surface area contributed by atoms with E-state index in [1.807, 2.05) is 12.3 Å². The molecule has 2 N–H and O–H groups in total. The predicted molar refractivity (Wildman–Crippen MR) is 78.4 cm³/mol. The zero-order valence-corrected chi connectivity index (χ0v) is 12.0. The molecule has 0 aromatic carbocycles. The van der Waals surface area contributed by atoms with Crippen LogP contribution in [-0.4, -0.2) is 36.3 Å². The van der Waals surface area contributed by atoms with Crippen molar-refractivity contribution in [1.82, 2.24) is 10.3 Å². The van der Waals surface area contributed by atoms with E-state index in [0.29, 0.717) is 18.6 Å². The van der Waals surface area contributed by atoms with E-state index >= 15 is 0 Å². The highest BCUT2D eigenvalue weighted by Crippen LogP contribution is 2.27. The van der Waals surface area contributed by atoms with Crippen LogP contribution in [0.5, 0.6) is 0 Å². The van der Waals surface area contributed by atoms with Crippen molar-refractivity contribution in [2.45, 2.75) is 32.7 Å². The van der Waals surface area contributed by atoms with E-state index in [9.17, 15) is 5.11 Å². The number of nitrogens with zero attached hydrogens (tertiary/aromatic N) is 2. The van der Waals surface area contributed by atoms with Gasteiger partial charge in [-0.2, -0.15) is 0 Å². The maximum atomic E-state index is 9.22. The Balaban J connectivity index is 2.11. The Morgan fingerprint density at radius 1 is 1.47 bits per heavy atom. The van der Waals surface area contributed by atoms with Crippen LogP contribution in [0.2, 0.25) is 0 Å². The maximum Gasteiger partial charge on any atom is 0.133 e. The van der Waals surface area contributed by atoms with Gasteiger partial charge in [0.2, 0.25) is 0 Å². The summed E-state index contributed by atoms with van der Waals surface area (Å²) in [4.78, 5) is 6.94. The van der Waals surface area contributed by atoms with Crippen LogP contribution in [0.3, 0.4) is 0 Å². The standard InChI is InChI=1S/C15H25N3O/c1-3-16-12(2)14-5-4-8-17-15(14)18-9-6-13(11-19)7-10-18/h4-5,8,12-13,16,19H,3,6-7,9-11H2,1-2H3. The number of aliphatic hydroxyl groups excluding tert-OH is 1. The molecule has 4 heteroatoms. The number of rotatable bonds is 5. The minimum absolute atomic E-state index is 0.316. The number of anilines is 1. The summed E-state index contributed by atoms with van der Waals surface area (Å²) in [5.41, 5.74) is 1.27. The third-order valence-electron chi connectivity index (χ3n) is 3.97. The van der Waals surface area contributed by atoms with Gasteiger partial charge < -0.3 is 15.3 Å². The van der Waals surface area contributed by atoms with Gasteiger partial charge in [0.25, 0.3) is 0 Å². The lowest BCUT2D eigenvalue weighted by molar-refractivity contribution is 0.202. The van der Waals surface area contributed by atoms with Crippen LogP contribution in [0, 0.1) is 5.92 Å². The summed E-state index contributed by atoms with van der Waals surface area (Å²) in [5.74, 6) is 1.57. The van der Waals surface area contributed by atoms with Crippen LogP contribution in [0.1, 0.15) is 38.3 Å². The van der Waals surface area contributed by atoms with Crippen molar-refractivity contribution >= 4 is 5.82 Å². The first kappa shape index (κ1) is 14.3. The second-order valence-electron chi connectivity index (χ2n) is 5.31. The smallest absolute Gasteiger partial charge is 0.133 e. The Hall–Kier alpha value is -1.13. The first-order chi connectivity index (χ1) is 9.26. The second-order valence-corrected chi connectivity index (χ2v) is 5.31. The van der Waals surface area contributed by atoms with E-state index in [1.165, 1.54) is 5.56 Å². The molecule has 1 aromatic heterocycles. The second kappa shape index (κ2) is 6.87. The van der Waals surface area contributed by atoms with Gasteiger partial charge in [0.15, 0.2) is 0 Å². The highest BCUT2D eigenvalue weighted by atomic mass is 16.3. The predicted octanol–water partition coefficient (Wildman–Crippen LogP) is 1.96. The quantitative estimate of drug-likeness (QED) is 0.852. The van der Waals surface area contributed by atoms with Gasteiger partial charge in [-0.15, -0.1) is 0 Å². The van der Waals surface area contributed by atoms with E-state index in [0.717, 1.165) is 38.3 Å². The van der Waals surface area contributed by atoms with Crippen LogP contribution in [0.25, 0.3) is 0 Å². The summed E-state index contributed by atoms with van der Waals surface area (Å²) in [6, 6.07) is 4.49. The highest BCUT2D eigenvalue weighted by Gasteiger charge is 2.22. The zero-order chi connectivity index (χ0) is 13.7. The van der Waals surface area contributed by atoms with E-state index in [2.05, 4.69) is 35.1 Å². The topological polar surface area (TPSA) is 48.4 Å². The molecule has 2 rings (SSSR count). The minimum atomic E-state index is 0.316. The van der Waals surface area contributed by atoms with Crippen LogP contribution in [0.4, 0.5) is 5.82 Å². The average Bonchev–Trinajstić information content (AvgIpc) is 2.47. The molecule has 19 heavy (non-hydrogen) atoms. The fourth-order valence-electron chi connectivity index (χ4n) is 2.76. The van der Waals surface area contributed by atoms with Crippen molar-refractivity contribution in [3.63, 3.8) is 0 Å². The van der Waals surface area contributed by atoms with Crippen LogP contribution in [-0.2, 0) is 0 Å². The highest BCUT2D eigenvalue weighted by molar-refractivity contribution is 5.48. The summed E-state index contributed by atoms with van der Waals surface area (Å²) in [6.07, 6.45) is 3.99. The molecular formula is C15H25N3O. The monoisotopic (exact) mass is 263 g/mol. The molecule has 0 amide bonds. The van der Waals surface area contributed by atoms with Gasteiger partial charge in [-0.25, -0.2) is 4.98 Å². The van der Waals surface area contributed by atoms with Gasteiger partial charge in [-0.3, -0.25) is 0 Å². The molecule has 0 spiro atoms. The summed E-state index contributed by atoms with van der Waals surface area (Å²) in [7, 11) is 0. The molecule has 0 radical (unpaired) electrons. The van der Waals surface area contributed by atoms with Gasteiger partial charge in [-0.1, -0.05) is 13.0 Å². The normalized spacial score (nSPS) is 18.6. The zero-order valence-electron chi connectivity index (χ0n) is 12.0. The van der Waals surface area contributed by atoms with Crippen molar-refractivity contribution in [3.8, 4) is 0 Å². The number of nitrogens with one attached hydrogen (secondary N) is 1. The number of pyridine rings is 1. The molecule has 4 nitrogen and oxygen atoms in total. The van der Waals surface area contributed by atoms with Crippen molar-refractivity contribution in [2.24, 2.45) is 5.92 Å². The Labute approximate surface area is 115 Å². The number of hydrogen-bond acceptors (Lipinski definition) is 4. The average molecular weight is 263 g/mol. The number of aliphatic hydroxyl groups is 1. The molecule has 1 atom stereocenters. The summed E-state index contributed by atoms with van der Waals surface area (Å²) in [5, 5.41) is 12.7. The molecule has 1 aliphatic heterocycles. The summed E-state index contributed by atoms with van der Waals surface area (Å²) >= 11 is 0. The van der Waals surface area contributed by atoms with Crippen molar-refractivity contribution in [3.05, 3.63) is 23.9 Å². The number of piperidine rings is 1. The Bertz CT molecular complexity index is 389. The molecule has 1 unspecified atom stereocenters. The van der Waals surface area contributed by atoms with Crippen LogP contribution < -0.4 is 10.2 Å². The molecule has 1 aromatic rings. The van der Waals surface area contributed by atoms with Crippen LogP contribution >= 0.6 is 0 Å².